The first-order valence-electron chi connectivity index (χ1n) is 8.49. The highest BCUT2D eigenvalue weighted by molar-refractivity contribution is 5.79. The lowest BCUT2D eigenvalue weighted by Gasteiger charge is -2.11. The Morgan fingerprint density at radius 3 is 2.79 bits per heavy atom. The number of fused-ring (bicyclic) bond motifs is 1. The zero-order chi connectivity index (χ0) is 16.4. The first kappa shape index (κ1) is 15.1. The van der Waals surface area contributed by atoms with Gasteiger partial charge in [0.25, 0.3) is 5.56 Å². The fraction of sp³-hybridized carbons (Fsp3) is 0.300. The molecule has 122 valence electrons. The highest BCUT2D eigenvalue weighted by Crippen LogP contribution is 2.23. The van der Waals surface area contributed by atoms with Gasteiger partial charge in [-0.2, -0.15) is 0 Å². The fourth-order valence-electron chi connectivity index (χ4n) is 3.30. The van der Waals surface area contributed by atoms with Gasteiger partial charge in [-0.15, -0.1) is 0 Å². The molecule has 2 aromatic carbocycles. The number of rotatable bonds is 4. The Balaban J connectivity index is 1.62. The second-order valence-corrected chi connectivity index (χ2v) is 6.35. The standard InChI is InChI=1S/C20H20N2O2/c23-20-17-10-3-4-11-18(17)21-19(22-20)15-7-5-6-14(12-15)13-24-16-8-1-2-9-16/h3-7,10-12,16H,1-2,8-9,13H2,(H,21,22,23). The highest BCUT2D eigenvalue weighted by Gasteiger charge is 2.15. The van der Waals surface area contributed by atoms with Gasteiger partial charge in [0.1, 0.15) is 5.82 Å². The maximum Gasteiger partial charge on any atom is 0.259 e. The van der Waals surface area contributed by atoms with Crippen LogP contribution in [0.25, 0.3) is 22.3 Å². The number of hydrogen-bond acceptors (Lipinski definition) is 3. The molecule has 1 saturated carbocycles. The molecule has 4 rings (SSSR count). The first-order chi connectivity index (χ1) is 11.8. The van der Waals surface area contributed by atoms with E-state index in [2.05, 4.69) is 16.0 Å². The molecule has 0 atom stereocenters. The van der Waals surface area contributed by atoms with E-state index in [1.54, 1.807) is 6.07 Å². The van der Waals surface area contributed by atoms with E-state index >= 15 is 0 Å². The number of H-pyrrole nitrogens is 1. The Bertz CT molecular complexity index is 911. The molecule has 1 heterocycles. The van der Waals surface area contributed by atoms with Gasteiger partial charge in [-0.1, -0.05) is 43.2 Å². The number of hydrogen-bond donors (Lipinski definition) is 1. The Labute approximate surface area is 140 Å². The van der Waals surface area contributed by atoms with Gasteiger partial charge in [-0.3, -0.25) is 4.79 Å². The van der Waals surface area contributed by atoms with Gasteiger partial charge >= 0.3 is 0 Å². The average Bonchev–Trinajstić information content (AvgIpc) is 3.14. The number of aromatic amines is 1. The second kappa shape index (κ2) is 6.57. The topological polar surface area (TPSA) is 55.0 Å². The summed E-state index contributed by atoms with van der Waals surface area (Å²) < 4.78 is 5.98. The van der Waals surface area contributed by atoms with Crippen molar-refractivity contribution >= 4 is 10.9 Å². The molecule has 1 aromatic heterocycles. The van der Waals surface area contributed by atoms with Crippen LogP contribution in [0.1, 0.15) is 31.2 Å². The Morgan fingerprint density at radius 2 is 1.92 bits per heavy atom. The van der Waals surface area contributed by atoms with Crippen molar-refractivity contribution in [1.82, 2.24) is 9.97 Å². The minimum Gasteiger partial charge on any atom is -0.374 e. The first-order valence-corrected chi connectivity index (χ1v) is 8.49. The average molecular weight is 320 g/mol. The third-order valence-electron chi connectivity index (χ3n) is 4.60. The number of ether oxygens (including phenoxy) is 1. The molecule has 0 aliphatic heterocycles. The molecule has 1 fully saturated rings. The lowest BCUT2D eigenvalue weighted by Crippen LogP contribution is -2.10. The fourth-order valence-corrected chi connectivity index (χ4v) is 3.30. The van der Waals surface area contributed by atoms with E-state index in [1.807, 2.05) is 36.4 Å². The van der Waals surface area contributed by atoms with Gasteiger partial charge in [-0.05, 0) is 36.6 Å². The molecule has 1 aliphatic carbocycles. The van der Waals surface area contributed by atoms with Crippen LogP contribution >= 0.6 is 0 Å². The van der Waals surface area contributed by atoms with Crippen molar-refractivity contribution in [3.8, 4) is 11.4 Å². The normalized spacial score (nSPS) is 15.2. The van der Waals surface area contributed by atoms with Crippen LogP contribution in [0.3, 0.4) is 0 Å². The van der Waals surface area contributed by atoms with Gasteiger partial charge in [-0.25, -0.2) is 4.98 Å². The summed E-state index contributed by atoms with van der Waals surface area (Å²) in [5.74, 6) is 0.599. The summed E-state index contributed by atoms with van der Waals surface area (Å²) in [6.45, 7) is 0.607. The van der Waals surface area contributed by atoms with E-state index in [-0.39, 0.29) is 5.56 Å². The zero-order valence-electron chi connectivity index (χ0n) is 13.5. The molecule has 4 nitrogen and oxygen atoms in total. The summed E-state index contributed by atoms with van der Waals surface area (Å²) in [7, 11) is 0. The monoisotopic (exact) mass is 320 g/mol. The molecular formula is C20H20N2O2. The molecule has 24 heavy (non-hydrogen) atoms. The van der Waals surface area contributed by atoms with Gasteiger partial charge in [0.05, 0.1) is 23.6 Å². The van der Waals surface area contributed by atoms with Crippen LogP contribution in [0.15, 0.2) is 53.3 Å². The number of para-hydroxylation sites is 1. The SMILES string of the molecule is O=c1[nH]c(-c2cccc(COC3CCCC3)c2)nc2ccccc12. The lowest BCUT2D eigenvalue weighted by molar-refractivity contribution is 0.0457. The van der Waals surface area contributed by atoms with Crippen molar-refractivity contribution in [3.63, 3.8) is 0 Å². The third-order valence-corrected chi connectivity index (χ3v) is 4.60. The van der Waals surface area contributed by atoms with Crippen LogP contribution in [0.5, 0.6) is 0 Å². The summed E-state index contributed by atoms with van der Waals surface area (Å²) in [6.07, 6.45) is 5.27. The largest absolute Gasteiger partial charge is 0.374 e. The van der Waals surface area contributed by atoms with Crippen molar-refractivity contribution < 1.29 is 4.74 Å². The van der Waals surface area contributed by atoms with Crippen molar-refractivity contribution in [2.45, 2.75) is 38.4 Å². The number of benzene rings is 2. The van der Waals surface area contributed by atoms with E-state index in [0.29, 0.717) is 29.4 Å². The number of nitrogens with zero attached hydrogens (tertiary/aromatic N) is 1. The van der Waals surface area contributed by atoms with E-state index in [4.69, 9.17) is 4.74 Å². The van der Waals surface area contributed by atoms with Crippen LogP contribution < -0.4 is 5.56 Å². The molecule has 0 radical (unpaired) electrons. The summed E-state index contributed by atoms with van der Waals surface area (Å²) in [4.78, 5) is 19.7. The van der Waals surface area contributed by atoms with Crippen LogP contribution in [-0.2, 0) is 11.3 Å². The van der Waals surface area contributed by atoms with Crippen LogP contribution in [0, 0.1) is 0 Å². The maximum absolute atomic E-state index is 12.2. The quantitative estimate of drug-likeness (QED) is 0.789. The minimum absolute atomic E-state index is 0.108. The molecule has 0 bridgehead atoms. The van der Waals surface area contributed by atoms with E-state index < -0.39 is 0 Å². The Kier molecular flexibility index (Phi) is 4.13. The van der Waals surface area contributed by atoms with Crippen molar-refractivity contribution in [2.24, 2.45) is 0 Å². The smallest absolute Gasteiger partial charge is 0.259 e. The van der Waals surface area contributed by atoms with Gasteiger partial charge < -0.3 is 9.72 Å². The van der Waals surface area contributed by atoms with Crippen LogP contribution in [0.2, 0.25) is 0 Å². The predicted molar refractivity (Wildman–Crippen MR) is 94.8 cm³/mol. The molecule has 3 aromatic rings. The minimum atomic E-state index is -0.108. The van der Waals surface area contributed by atoms with Gasteiger partial charge in [0, 0.05) is 5.56 Å². The lowest BCUT2D eigenvalue weighted by atomic mass is 10.1. The van der Waals surface area contributed by atoms with Gasteiger partial charge in [0.2, 0.25) is 0 Å². The summed E-state index contributed by atoms with van der Waals surface area (Å²) in [5.41, 5.74) is 2.62. The summed E-state index contributed by atoms with van der Waals surface area (Å²) in [5, 5.41) is 0.613. The number of nitrogens with one attached hydrogen (secondary N) is 1. The molecular weight excluding hydrogens is 300 g/mol. The van der Waals surface area contributed by atoms with E-state index in [0.717, 1.165) is 11.1 Å². The van der Waals surface area contributed by atoms with Crippen molar-refractivity contribution in [2.75, 3.05) is 0 Å². The molecule has 0 saturated heterocycles. The summed E-state index contributed by atoms with van der Waals surface area (Å²) >= 11 is 0. The summed E-state index contributed by atoms with van der Waals surface area (Å²) in [6, 6.07) is 15.4. The van der Waals surface area contributed by atoms with Crippen LogP contribution in [0.4, 0.5) is 0 Å². The van der Waals surface area contributed by atoms with Crippen LogP contribution in [-0.4, -0.2) is 16.1 Å². The van der Waals surface area contributed by atoms with E-state index in [1.165, 1.54) is 25.7 Å². The Morgan fingerprint density at radius 1 is 1.08 bits per heavy atom. The van der Waals surface area contributed by atoms with E-state index in [9.17, 15) is 4.79 Å². The molecule has 0 unspecified atom stereocenters. The molecule has 1 aliphatic rings. The second-order valence-electron chi connectivity index (χ2n) is 6.35. The molecule has 0 amide bonds. The van der Waals surface area contributed by atoms with Crippen molar-refractivity contribution in [3.05, 3.63) is 64.4 Å². The van der Waals surface area contributed by atoms with Crippen molar-refractivity contribution in [1.29, 1.82) is 0 Å². The van der Waals surface area contributed by atoms with Gasteiger partial charge in [0.15, 0.2) is 0 Å². The maximum atomic E-state index is 12.2. The molecule has 1 N–H and O–H groups in total. The zero-order valence-corrected chi connectivity index (χ0v) is 13.5. The highest BCUT2D eigenvalue weighted by atomic mass is 16.5. The molecule has 4 heteroatoms. The number of aromatic nitrogens is 2. The predicted octanol–water partition coefficient (Wildman–Crippen LogP) is 4.05. The third kappa shape index (κ3) is 3.10. The Hall–Kier alpha value is -2.46. The molecule has 0 spiro atoms.